The van der Waals surface area contributed by atoms with E-state index in [1.807, 2.05) is 0 Å². The molecule has 5 nitrogen and oxygen atoms in total. The van der Waals surface area contributed by atoms with Crippen molar-refractivity contribution in [2.75, 3.05) is 6.61 Å². The van der Waals surface area contributed by atoms with Gasteiger partial charge in [0.25, 0.3) is 0 Å². The van der Waals surface area contributed by atoms with Gasteiger partial charge in [-0.25, -0.2) is 4.79 Å². The van der Waals surface area contributed by atoms with E-state index >= 15 is 0 Å². The molecule has 0 aliphatic rings. The first-order valence-corrected chi connectivity index (χ1v) is 4.73. The fraction of sp³-hybridized carbons (Fsp3) is 0.300. The van der Waals surface area contributed by atoms with Crippen LogP contribution < -0.4 is 5.73 Å². The number of aliphatic hydroxyl groups excluding tert-OH is 1. The number of rotatable bonds is 3. The van der Waals surface area contributed by atoms with Gasteiger partial charge in [0, 0.05) is 5.56 Å². The standard InChI is InChI=1S/C10H10F3NO4/c11-10(12,13)5-2-1-4(9(17)18)8(16)7(5)6(14)3-15/h1-2,6,15-16H,3,14H2,(H,17,18)/t6-/m1/s1. The number of nitrogens with two attached hydrogens (primary N) is 1. The lowest BCUT2D eigenvalue weighted by Crippen LogP contribution is -2.21. The number of benzene rings is 1. The average molecular weight is 265 g/mol. The van der Waals surface area contributed by atoms with Gasteiger partial charge < -0.3 is 21.1 Å². The second-order valence-corrected chi connectivity index (χ2v) is 3.51. The minimum absolute atomic E-state index is 0.508. The molecule has 0 saturated carbocycles. The first kappa shape index (κ1) is 14.3. The lowest BCUT2D eigenvalue weighted by molar-refractivity contribution is -0.138. The lowest BCUT2D eigenvalue weighted by Gasteiger charge is -2.19. The van der Waals surface area contributed by atoms with Crippen LogP contribution in [0.1, 0.15) is 27.5 Å². The van der Waals surface area contributed by atoms with Crippen molar-refractivity contribution in [3.05, 3.63) is 28.8 Å². The molecule has 0 fully saturated rings. The molecular formula is C10H10F3NO4. The van der Waals surface area contributed by atoms with Crippen molar-refractivity contribution >= 4 is 5.97 Å². The summed E-state index contributed by atoms with van der Waals surface area (Å²) in [6.07, 6.45) is -4.81. The van der Waals surface area contributed by atoms with E-state index in [0.29, 0.717) is 12.1 Å². The number of carboxylic acid groups (broad SMARTS) is 1. The Bertz CT molecular complexity index is 473. The maximum Gasteiger partial charge on any atom is 0.416 e. The summed E-state index contributed by atoms with van der Waals surface area (Å²) in [5, 5.41) is 27.0. The highest BCUT2D eigenvalue weighted by Gasteiger charge is 2.37. The van der Waals surface area contributed by atoms with Gasteiger partial charge in [-0.1, -0.05) is 0 Å². The predicted molar refractivity (Wildman–Crippen MR) is 54.1 cm³/mol. The largest absolute Gasteiger partial charge is 0.507 e. The second-order valence-electron chi connectivity index (χ2n) is 3.51. The van der Waals surface area contributed by atoms with Crippen molar-refractivity contribution in [1.82, 2.24) is 0 Å². The van der Waals surface area contributed by atoms with Gasteiger partial charge >= 0.3 is 12.1 Å². The zero-order valence-corrected chi connectivity index (χ0v) is 8.90. The van der Waals surface area contributed by atoms with E-state index < -0.39 is 47.2 Å². The molecule has 8 heteroatoms. The maximum absolute atomic E-state index is 12.7. The molecule has 0 spiro atoms. The fourth-order valence-corrected chi connectivity index (χ4v) is 1.49. The molecule has 0 radical (unpaired) electrons. The van der Waals surface area contributed by atoms with Crippen LogP contribution in [0, 0.1) is 0 Å². The van der Waals surface area contributed by atoms with Crippen molar-refractivity contribution in [1.29, 1.82) is 0 Å². The van der Waals surface area contributed by atoms with Gasteiger partial charge in [0.05, 0.1) is 18.2 Å². The molecule has 1 rings (SSSR count). The SMILES string of the molecule is N[C@H](CO)c1c(C(F)(F)F)ccc(C(=O)O)c1O. The molecule has 0 unspecified atom stereocenters. The summed E-state index contributed by atoms with van der Waals surface area (Å²) in [5.41, 5.74) is 2.45. The highest BCUT2D eigenvalue weighted by Crippen LogP contribution is 2.39. The van der Waals surface area contributed by atoms with Crippen LogP contribution in [-0.2, 0) is 6.18 Å². The number of hydrogen-bond donors (Lipinski definition) is 4. The third-order valence-electron chi connectivity index (χ3n) is 2.32. The van der Waals surface area contributed by atoms with Crippen LogP contribution in [0.15, 0.2) is 12.1 Å². The number of aliphatic hydroxyl groups is 1. The summed E-state index contributed by atoms with van der Waals surface area (Å²) in [6, 6.07) is -0.386. The summed E-state index contributed by atoms with van der Waals surface area (Å²) < 4.78 is 38.0. The highest BCUT2D eigenvalue weighted by molar-refractivity contribution is 5.91. The normalized spacial score (nSPS) is 13.4. The molecule has 1 aromatic carbocycles. The Morgan fingerprint density at radius 1 is 1.39 bits per heavy atom. The third kappa shape index (κ3) is 2.54. The van der Waals surface area contributed by atoms with E-state index in [4.69, 9.17) is 15.9 Å². The smallest absolute Gasteiger partial charge is 0.416 e. The van der Waals surface area contributed by atoms with Crippen LogP contribution in [0.25, 0.3) is 0 Å². The number of carbonyl (C=O) groups is 1. The Hall–Kier alpha value is -1.80. The lowest BCUT2D eigenvalue weighted by atomic mass is 9.96. The van der Waals surface area contributed by atoms with Gasteiger partial charge in [0.15, 0.2) is 0 Å². The van der Waals surface area contributed by atoms with Crippen molar-refractivity contribution in [3.8, 4) is 5.75 Å². The van der Waals surface area contributed by atoms with Crippen molar-refractivity contribution in [2.24, 2.45) is 5.73 Å². The number of carboxylic acids is 1. The molecule has 0 bridgehead atoms. The van der Waals surface area contributed by atoms with Crippen LogP contribution >= 0.6 is 0 Å². The molecule has 1 atom stereocenters. The first-order chi connectivity index (χ1) is 8.20. The van der Waals surface area contributed by atoms with Gasteiger partial charge in [0.2, 0.25) is 0 Å². The number of alkyl halides is 3. The number of aromatic hydroxyl groups is 1. The van der Waals surface area contributed by atoms with Gasteiger partial charge in [-0.3, -0.25) is 0 Å². The van der Waals surface area contributed by atoms with Crippen LogP contribution in [0.4, 0.5) is 13.2 Å². The molecule has 0 amide bonds. The molecule has 0 heterocycles. The summed E-state index contributed by atoms with van der Waals surface area (Å²) in [4.78, 5) is 10.7. The van der Waals surface area contributed by atoms with Crippen molar-refractivity contribution in [2.45, 2.75) is 12.2 Å². The van der Waals surface area contributed by atoms with E-state index in [2.05, 4.69) is 0 Å². The van der Waals surface area contributed by atoms with Gasteiger partial charge in [-0.15, -0.1) is 0 Å². The predicted octanol–water partition coefficient (Wildman–Crippen LogP) is 1.10. The zero-order chi connectivity index (χ0) is 14.1. The Morgan fingerprint density at radius 2 is 1.94 bits per heavy atom. The number of aromatic carboxylic acids is 1. The minimum atomic E-state index is -4.81. The van der Waals surface area contributed by atoms with Crippen molar-refractivity contribution < 1.29 is 33.3 Å². The molecule has 0 aliphatic carbocycles. The molecule has 0 saturated heterocycles. The topological polar surface area (TPSA) is 104 Å². The number of hydrogen-bond acceptors (Lipinski definition) is 4. The van der Waals surface area contributed by atoms with Crippen LogP contribution in [0.5, 0.6) is 5.75 Å². The van der Waals surface area contributed by atoms with Crippen LogP contribution in [0.2, 0.25) is 0 Å². The van der Waals surface area contributed by atoms with Crippen molar-refractivity contribution in [3.63, 3.8) is 0 Å². The van der Waals surface area contributed by atoms with E-state index in [0.717, 1.165) is 0 Å². The number of halogens is 3. The zero-order valence-electron chi connectivity index (χ0n) is 8.90. The van der Waals surface area contributed by atoms with E-state index in [9.17, 15) is 23.1 Å². The third-order valence-corrected chi connectivity index (χ3v) is 2.32. The van der Waals surface area contributed by atoms with Gasteiger partial charge in [0.1, 0.15) is 11.3 Å². The second kappa shape index (κ2) is 4.83. The highest BCUT2D eigenvalue weighted by atomic mass is 19.4. The summed E-state index contributed by atoms with van der Waals surface area (Å²) in [5.74, 6) is -2.67. The Balaban J connectivity index is 3.57. The molecular weight excluding hydrogens is 255 g/mol. The van der Waals surface area contributed by atoms with E-state index in [1.165, 1.54) is 0 Å². The maximum atomic E-state index is 12.7. The Morgan fingerprint density at radius 3 is 2.33 bits per heavy atom. The molecule has 0 aliphatic heterocycles. The Labute approximate surface area is 99.3 Å². The van der Waals surface area contributed by atoms with Gasteiger partial charge in [-0.2, -0.15) is 13.2 Å². The Kier molecular flexibility index (Phi) is 3.82. The summed E-state index contributed by atoms with van der Waals surface area (Å²) in [6.45, 7) is -0.861. The van der Waals surface area contributed by atoms with Gasteiger partial charge in [-0.05, 0) is 12.1 Å². The summed E-state index contributed by atoms with van der Waals surface area (Å²) >= 11 is 0. The molecule has 1 aromatic rings. The first-order valence-electron chi connectivity index (χ1n) is 4.73. The minimum Gasteiger partial charge on any atom is -0.507 e. The number of phenols is 1. The van der Waals surface area contributed by atoms with E-state index in [-0.39, 0.29) is 0 Å². The molecule has 18 heavy (non-hydrogen) atoms. The average Bonchev–Trinajstić information content (AvgIpc) is 2.25. The molecule has 5 N–H and O–H groups in total. The quantitative estimate of drug-likeness (QED) is 0.655. The van der Waals surface area contributed by atoms with E-state index in [1.54, 1.807) is 0 Å². The molecule has 100 valence electrons. The monoisotopic (exact) mass is 265 g/mol. The fourth-order valence-electron chi connectivity index (χ4n) is 1.49. The van der Waals surface area contributed by atoms with Crippen LogP contribution in [0.3, 0.4) is 0 Å². The summed E-state index contributed by atoms with van der Waals surface area (Å²) in [7, 11) is 0. The molecule has 0 aromatic heterocycles. The van der Waals surface area contributed by atoms with Crippen LogP contribution in [-0.4, -0.2) is 27.9 Å².